The van der Waals surface area contributed by atoms with Crippen molar-refractivity contribution in [3.63, 3.8) is 0 Å². The maximum Gasteiger partial charge on any atom is 0.340 e. The van der Waals surface area contributed by atoms with Crippen molar-refractivity contribution < 1.29 is 31.2 Å². The quantitative estimate of drug-likeness (QED) is 0.397. The molecule has 11 nitrogen and oxygen atoms in total. The number of primary sulfonamides is 1. The van der Waals surface area contributed by atoms with Crippen LogP contribution in [0.1, 0.15) is 20.7 Å². The van der Waals surface area contributed by atoms with Gasteiger partial charge in [-0.2, -0.15) is 0 Å². The van der Waals surface area contributed by atoms with Gasteiger partial charge in [-0.1, -0.05) is 11.6 Å². The van der Waals surface area contributed by atoms with Gasteiger partial charge in [-0.05, 0) is 30.3 Å². The van der Waals surface area contributed by atoms with E-state index in [9.17, 15) is 26.4 Å². The van der Waals surface area contributed by atoms with Gasteiger partial charge in [0.05, 0.1) is 28.9 Å². The minimum Gasteiger partial charge on any atom is -0.465 e. The number of nitrogens with zero attached hydrogens (tertiary/aromatic N) is 2. The summed E-state index contributed by atoms with van der Waals surface area (Å²) >= 11 is 5.85. The number of methoxy groups -OCH3 is 1. The molecule has 0 amide bonds. The maximum atomic E-state index is 13.2. The topological polar surface area (TPSA) is 182 Å². The molecule has 0 aliphatic rings. The van der Waals surface area contributed by atoms with Gasteiger partial charge < -0.3 is 10.5 Å². The zero-order valence-electron chi connectivity index (χ0n) is 16.0. The third-order valence-corrected chi connectivity index (χ3v) is 6.59. The Bertz CT molecular complexity index is 1480. The van der Waals surface area contributed by atoms with Gasteiger partial charge in [0.15, 0.2) is 0 Å². The molecule has 1 aromatic heterocycles. The molecule has 0 saturated carbocycles. The molecule has 0 saturated heterocycles. The fraction of sp³-hybridized carbons (Fsp3) is 0.118. The molecule has 0 aliphatic heterocycles. The first-order valence-corrected chi connectivity index (χ1v) is 12.0. The van der Waals surface area contributed by atoms with Crippen molar-refractivity contribution in [3.05, 3.63) is 46.5 Å². The molecule has 3 aromatic rings. The van der Waals surface area contributed by atoms with Crippen molar-refractivity contribution in [2.24, 2.45) is 5.14 Å². The molecule has 0 unspecified atom stereocenters. The number of halogens is 1. The van der Waals surface area contributed by atoms with Crippen molar-refractivity contribution in [1.29, 1.82) is 0 Å². The molecule has 0 aliphatic carbocycles. The van der Waals surface area contributed by atoms with Crippen LogP contribution in [-0.2, 0) is 24.6 Å². The summed E-state index contributed by atoms with van der Waals surface area (Å²) in [6.45, 7) is 0. The molecule has 0 spiro atoms. The van der Waals surface area contributed by atoms with E-state index in [-0.39, 0.29) is 32.9 Å². The number of carbonyl (C=O) groups is 2. The number of carbonyl (C=O) groups excluding carboxylic acids is 2. The first kappa shape index (κ1) is 22.7. The lowest BCUT2D eigenvalue weighted by atomic mass is 10.1. The minimum absolute atomic E-state index is 0.0253. The van der Waals surface area contributed by atoms with Gasteiger partial charge in [0.25, 0.3) is 5.91 Å². The zero-order chi connectivity index (χ0) is 23.3. The smallest absolute Gasteiger partial charge is 0.340 e. The van der Waals surface area contributed by atoms with Crippen LogP contribution in [0, 0.1) is 0 Å². The Labute approximate surface area is 181 Å². The molecule has 0 atom stereocenters. The summed E-state index contributed by atoms with van der Waals surface area (Å²) in [6, 6.07) is 5.78. The number of esters is 1. The van der Waals surface area contributed by atoms with Gasteiger partial charge in [-0.3, -0.25) is 4.79 Å². The number of imidazole rings is 1. The Hall–Kier alpha value is -3.00. The lowest BCUT2D eigenvalue weighted by molar-refractivity contribution is 0.0602. The second-order valence-corrected chi connectivity index (χ2v) is 10.2. The summed E-state index contributed by atoms with van der Waals surface area (Å²) in [7, 11) is -7.18. The molecule has 3 rings (SSSR count). The number of rotatable bonds is 4. The fourth-order valence-electron chi connectivity index (χ4n) is 2.86. The maximum absolute atomic E-state index is 13.2. The number of nitrogen functional groups attached to an aromatic ring is 1. The van der Waals surface area contributed by atoms with Crippen molar-refractivity contribution in [3.8, 4) is 0 Å². The summed E-state index contributed by atoms with van der Waals surface area (Å²) in [5, 5.41) is 4.24. The predicted molar refractivity (Wildman–Crippen MR) is 111 cm³/mol. The van der Waals surface area contributed by atoms with E-state index in [2.05, 4.69) is 9.72 Å². The van der Waals surface area contributed by atoms with Crippen LogP contribution < -0.4 is 10.9 Å². The average molecular weight is 487 g/mol. The van der Waals surface area contributed by atoms with Crippen LogP contribution in [0.15, 0.2) is 40.4 Å². The molecule has 14 heteroatoms. The predicted octanol–water partition coefficient (Wildman–Crippen LogP) is 0.798. The van der Waals surface area contributed by atoms with E-state index in [1.54, 1.807) is 0 Å². The zero-order valence-corrected chi connectivity index (χ0v) is 18.4. The number of sulfone groups is 1. The second-order valence-electron chi connectivity index (χ2n) is 6.38. The molecule has 164 valence electrons. The first-order valence-electron chi connectivity index (χ1n) is 8.23. The fourth-order valence-corrected chi connectivity index (χ4v) is 4.70. The second kappa shape index (κ2) is 7.60. The summed E-state index contributed by atoms with van der Waals surface area (Å²) < 4.78 is 53.5. The number of aromatic nitrogens is 2. The van der Waals surface area contributed by atoms with Gasteiger partial charge in [0.1, 0.15) is 10.4 Å². The number of hydrogen-bond acceptors (Lipinski definition) is 9. The highest BCUT2D eigenvalue weighted by Crippen LogP contribution is 2.29. The lowest BCUT2D eigenvalue weighted by Crippen LogP contribution is -2.19. The highest BCUT2D eigenvalue weighted by molar-refractivity contribution is 7.90. The molecular weight excluding hydrogens is 472 g/mol. The highest BCUT2D eigenvalue weighted by atomic mass is 35.5. The number of hydrogen-bond donors (Lipinski definition) is 2. The van der Waals surface area contributed by atoms with Gasteiger partial charge in [0, 0.05) is 11.8 Å². The van der Waals surface area contributed by atoms with Crippen molar-refractivity contribution >= 4 is 60.1 Å². The van der Waals surface area contributed by atoms with Crippen LogP contribution >= 0.6 is 11.6 Å². The number of benzene rings is 2. The summed E-state index contributed by atoms with van der Waals surface area (Å²) in [5.74, 6) is -1.72. The third kappa shape index (κ3) is 3.99. The molecule has 4 N–H and O–H groups in total. The minimum atomic E-state index is -4.26. The van der Waals surface area contributed by atoms with Crippen molar-refractivity contribution in [1.82, 2.24) is 9.55 Å². The normalized spacial score (nSPS) is 12.1. The Morgan fingerprint density at radius 1 is 1.13 bits per heavy atom. The van der Waals surface area contributed by atoms with E-state index >= 15 is 0 Å². The summed E-state index contributed by atoms with van der Waals surface area (Å²) in [4.78, 5) is 28.5. The lowest BCUT2D eigenvalue weighted by Gasteiger charge is -2.09. The van der Waals surface area contributed by atoms with Crippen LogP contribution in [0.4, 0.5) is 5.69 Å². The monoisotopic (exact) mass is 486 g/mol. The van der Waals surface area contributed by atoms with Crippen LogP contribution in [0.25, 0.3) is 11.0 Å². The van der Waals surface area contributed by atoms with Crippen LogP contribution in [0.5, 0.6) is 0 Å². The van der Waals surface area contributed by atoms with Gasteiger partial charge >= 0.3 is 5.97 Å². The molecule has 31 heavy (non-hydrogen) atoms. The molecule has 0 radical (unpaired) electrons. The highest BCUT2D eigenvalue weighted by Gasteiger charge is 2.28. The van der Waals surface area contributed by atoms with E-state index in [0.717, 1.165) is 30.1 Å². The van der Waals surface area contributed by atoms with E-state index in [1.165, 1.54) is 18.2 Å². The van der Waals surface area contributed by atoms with E-state index in [4.69, 9.17) is 22.5 Å². The SMILES string of the molecule is COC(=O)c1ccc2c(nc(S(C)(=O)=O)n2C(=O)c2ccc(Cl)c(S(N)(=O)=O)c2)c1N. The molecular formula is C17H15ClN4O7S2. The van der Waals surface area contributed by atoms with Gasteiger partial charge in [-0.15, -0.1) is 0 Å². The van der Waals surface area contributed by atoms with Crippen LogP contribution in [-0.4, -0.2) is 51.6 Å². The number of nitrogens with two attached hydrogens (primary N) is 2. The number of anilines is 1. The van der Waals surface area contributed by atoms with E-state index in [0.29, 0.717) is 0 Å². The Kier molecular flexibility index (Phi) is 5.56. The van der Waals surface area contributed by atoms with E-state index < -0.39 is 41.8 Å². The Balaban J connectivity index is 2.35. The van der Waals surface area contributed by atoms with Gasteiger partial charge in [-0.25, -0.2) is 36.3 Å². The summed E-state index contributed by atoms with van der Waals surface area (Å²) in [5.41, 5.74) is 5.32. The first-order chi connectivity index (χ1) is 14.3. The Morgan fingerprint density at radius 2 is 1.77 bits per heavy atom. The van der Waals surface area contributed by atoms with E-state index in [1.807, 2.05) is 0 Å². The largest absolute Gasteiger partial charge is 0.465 e. The summed E-state index contributed by atoms with van der Waals surface area (Å²) in [6.07, 6.45) is 0.826. The Morgan fingerprint density at radius 3 is 2.32 bits per heavy atom. The standard InChI is InChI=1S/C17H15ClN4O7S2/c1-29-16(24)9-4-6-11-14(13(9)19)21-17(30(2,25)26)22(11)15(23)8-3-5-10(18)12(7-8)31(20,27)28/h3-7H,19H2,1-2H3,(H2,20,27,28). The van der Waals surface area contributed by atoms with Gasteiger partial charge in [0.2, 0.25) is 25.0 Å². The molecule has 0 bridgehead atoms. The number of sulfonamides is 1. The van der Waals surface area contributed by atoms with Crippen LogP contribution in [0.3, 0.4) is 0 Å². The average Bonchev–Trinajstić information content (AvgIpc) is 3.07. The third-order valence-electron chi connectivity index (χ3n) is 4.26. The van der Waals surface area contributed by atoms with Crippen LogP contribution in [0.2, 0.25) is 5.02 Å². The van der Waals surface area contributed by atoms with Crippen molar-refractivity contribution in [2.75, 3.05) is 19.1 Å². The number of fused-ring (bicyclic) bond motifs is 1. The molecule has 2 aromatic carbocycles. The number of ether oxygens (including phenoxy) is 1. The molecule has 0 fully saturated rings. The van der Waals surface area contributed by atoms with Crippen molar-refractivity contribution in [2.45, 2.75) is 10.1 Å². The molecule has 1 heterocycles.